The van der Waals surface area contributed by atoms with Gasteiger partial charge in [0.1, 0.15) is 5.69 Å². The van der Waals surface area contributed by atoms with Gasteiger partial charge in [-0.15, -0.1) is 5.10 Å². The number of benzene rings is 2. The summed E-state index contributed by atoms with van der Waals surface area (Å²) in [7, 11) is 0. The molecular formula is C26H25N5O2. The first-order valence-electron chi connectivity index (χ1n) is 11.7. The zero-order valence-corrected chi connectivity index (χ0v) is 18.3. The number of carbonyl (C=O) groups excluding carboxylic acids is 1. The molecule has 2 fully saturated rings. The molecule has 7 nitrogen and oxygen atoms in total. The molecule has 4 aromatic rings. The van der Waals surface area contributed by atoms with Crippen LogP contribution in [0.5, 0.6) is 0 Å². The van der Waals surface area contributed by atoms with E-state index in [2.05, 4.69) is 27.4 Å². The van der Waals surface area contributed by atoms with E-state index in [0.717, 1.165) is 42.5 Å². The monoisotopic (exact) mass is 439 g/mol. The summed E-state index contributed by atoms with van der Waals surface area (Å²) in [6.45, 7) is 1.66. The second kappa shape index (κ2) is 7.99. The Bertz CT molecular complexity index is 1390. The number of rotatable bonds is 4. The van der Waals surface area contributed by atoms with Gasteiger partial charge < -0.3 is 9.88 Å². The fraction of sp³-hybridized carbons (Fsp3) is 0.308. The van der Waals surface area contributed by atoms with Crippen molar-refractivity contribution in [3.05, 3.63) is 76.2 Å². The number of hydrogen-bond acceptors (Lipinski definition) is 4. The van der Waals surface area contributed by atoms with Gasteiger partial charge in [0.15, 0.2) is 0 Å². The summed E-state index contributed by atoms with van der Waals surface area (Å²) < 4.78 is 1.63. The van der Waals surface area contributed by atoms with E-state index < -0.39 is 0 Å². The fourth-order valence-electron chi connectivity index (χ4n) is 4.78. The second-order valence-electron chi connectivity index (χ2n) is 9.08. The summed E-state index contributed by atoms with van der Waals surface area (Å²) in [5.41, 5.74) is 4.46. The van der Waals surface area contributed by atoms with Crippen LogP contribution in [0.25, 0.3) is 27.8 Å². The molecule has 1 aliphatic heterocycles. The minimum Gasteiger partial charge on any atom is -0.339 e. The van der Waals surface area contributed by atoms with E-state index in [9.17, 15) is 9.59 Å². The summed E-state index contributed by atoms with van der Waals surface area (Å²) in [6, 6.07) is 15.6. The molecule has 1 aliphatic carbocycles. The van der Waals surface area contributed by atoms with Crippen LogP contribution in [0.3, 0.4) is 0 Å². The lowest BCUT2D eigenvalue weighted by Gasteiger charge is -2.25. The molecule has 1 saturated heterocycles. The molecule has 1 N–H and O–H groups in total. The van der Waals surface area contributed by atoms with Gasteiger partial charge in [-0.05, 0) is 85.0 Å². The van der Waals surface area contributed by atoms with Gasteiger partial charge in [0.2, 0.25) is 0 Å². The van der Waals surface area contributed by atoms with Crippen LogP contribution >= 0.6 is 0 Å². The third-order valence-electron chi connectivity index (χ3n) is 6.99. The lowest BCUT2D eigenvalue weighted by molar-refractivity contribution is 0.0793. The third kappa shape index (κ3) is 3.63. The molecule has 166 valence electrons. The summed E-state index contributed by atoms with van der Waals surface area (Å²) >= 11 is 0. The Balaban J connectivity index is 1.28. The topological polar surface area (TPSA) is 83.9 Å². The summed E-state index contributed by atoms with van der Waals surface area (Å²) in [5, 5.41) is 9.48. The molecule has 3 heterocycles. The molecule has 0 atom stereocenters. The molecule has 0 bridgehead atoms. The predicted octanol–water partition coefficient (Wildman–Crippen LogP) is 4.28. The van der Waals surface area contributed by atoms with Crippen molar-refractivity contribution < 1.29 is 4.79 Å². The van der Waals surface area contributed by atoms with Gasteiger partial charge in [0.25, 0.3) is 11.5 Å². The first-order valence-corrected chi connectivity index (χ1v) is 11.7. The molecule has 2 aliphatic rings. The van der Waals surface area contributed by atoms with Crippen molar-refractivity contribution in [3.63, 3.8) is 0 Å². The molecule has 2 aromatic carbocycles. The quantitative estimate of drug-likeness (QED) is 0.514. The highest BCUT2D eigenvalue weighted by molar-refractivity contribution is 5.94. The van der Waals surface area contributed by atoms with Crippen molar-refractivity contribution in [2.24, 2.45) is 0 Å². The number of aromatic nitrogens is 4. The summed E-state index contributed by atoms with van der Waals surface area (Å²) in [5.74, 6) is 0.702. The molecule has 1 amide bonds. The zero-order valence-electron chi connectivity index (χ0n) is 18.3. The predicted molar refractivity (Wildman–Crippen MR) is 127 cm³/mol. The van der Waals surface area contributed by atoms with E-state index >= 15 is 0 Å². The molecular weight excluding hydrogens is 414 g/mol. The molecule has 1 saturated carbocycles. The third-order valence-corrected chi connectivity index (χ3v) is 6.99. The minimum absolute atomic E-state index is 0.0716. The van der Waals surface area contributed by atoms with Crippen LogP contribution in [-0.4, -0.2) is 43.9 Å². The summed E-state index contributed by atoms with van der Waals surface area (Å²) in [6.07, 6.45) is 7.65. The average Bonchev–Trinajstić information content (AvgIpc) is 3.50. The number of carbonyl (C=O) groups is 1. The summed E-state index contributed by atoms with van der Waals surface area (Å²) in [4.78, 5) is 30.2. The Morgan fingerprint density at radius 3 is 2.48 bits per heavy atom. The largest absolute Gasteiger partial charge is 0.339 e. The van der Waals surface area contributed by atoms with E-state index in [1.165, 1.54) is 24.8 Å². The van der Waals surface area contributed by atoms with Crippen molar-refractivity contribution in [3.8, 4) is 16.9 Å². The van der Waals surface area contributed by atoms with Gasteiger partial charge in [-0.2, -0.15) is 0 Å². The molecule has 7 heteroatoms. The van der Waals surface area contributed by atoms with Gasteiger partial charge in [-0.3, -0.25) is 9.59 Å². The Labute approximate surface area is 191 Å². The van der Waals surface area contributed by atoms with Crippen molar-refractivity contribution in [2.75, 3.05) is 13.1 Å². The van der Waals surface area contributed by atoms with Crippen LogP contribution in [0, 0.1) is 0 Å². The molecule has 0 unspecified atom stereocenters. The van der Waals surface area contributed by atoms with Crippen molar-refractivity contribution in [1.82, 2.24) is 24.9 Å². The van der Waals surface area contributed by atoms with Crippen molar-refractivity contribution in [2.45, 2.75) is 38.0 Å². The van der Waals surface area contributed by atoms with Crippen LogP contribution < -0.4 is 5.56 Å². The SMILES string of the molecule is O=C(c1ccc(-n2cc(-c3cc4cc(C5CCC5)ccc4[nH]c3=O)nn2)cc1)N1CCCC1. The number of pyridine rings is 1. The molecule has 0 spiro atoms. The van der Waals surface area contributed by atoms with Crippen LogP contribution in [-0.2, 0) is 0 Å². The Morgan fingerprint density at radius 1 is 0.970 bits per heavy atom. The normalized spacial score (nSPS) is 16.3. The maximum absolute atomic E-state index is 12.7. The Hall–Kier alpha value is -3.74. The van der Waals surface area contributed by atoms with E-state index in [1.54, 1.807) is 10.9 Å². The first-order chi connectivity index (χ1) is 16.2. The van der Waals surface area contributed by atoms with Crippen LogP contribution in [0.1, 0.15) is 53.9 Å². The number of likely N-dealkylation sites (tertiary alicyclic amines) is 1. The number of nitrogens with zero attached hydrogens (tertiary/aromatic N) is 4. The van der Waals surface area contributed by atoms with Gasteiger partial charge in [-0.25, -0.2) is 4.68 Å². The zero-order chi connectivity index (χ0) is 22.4. The van der Waals surface area contributed by atoms with E-state index in [0.29, 0.717) is 22.7 Å². The number of aromatic amines is 1. The van der Waals surface area contributed by atoms with Crippen LogP contribution in [0.2, 0.25) is 0 Å². The Morgan fingerprint density at radius 2 is 1.76 bits per heavy atom. The molecule has 6 rings (SSSR count). The number of H-pyrrole nitrogens is 1. The minimum atomic E-state index is -0.183. The van der Waals surface area contributed by atoms with E-state index in [4.69, 9.17) is 0 Å². The second-order valence-corrected chi connectivity index (χ2v) is 9.08. The van der Waals surface area contributed by atoms with Crippen molar-refractivity contribution in [1.29, 1.82) is 0 Å². The standard InChI is InChI=1S/C26H25N5O2/c32-25-22(15-20-14-19(17-4-3-5-17)8-11-23(20)27-25)24-16-31(29-28-24)21-9-6-18(7-10-21)26(33)30-12-1-2-13-30/h6-11,14-17H,1-5,12-13H2,(H,27,32). The maximum atomic E-state index is 12.7. The highest BCUT2D eigenvalue weighted by atomic mass is 16.2. The van der Waals surface area contributed by atoms with E-state index in [-0.39, 0.29) is 11.5 Å². The van der Waals surface area contributed by atoms with Gasteiger partial charge >= 0.3 is 0 Å². The number of nitrogens with one attached hydrogen (secondary N) is 1. The lowest BCUT2D eigenvalue weighted by atomic mass is 9.80. The number of hydrogen-bond donors (Lipinski definition) is 1. The number of fused-ring (bicyclic) bond motifs is 1. The lowest BCUT2D eigenvalue weighted by Crippen LogP contribution is -2.27. The Kier molecular flexibility index (Phi) is 4.82. The maximum Gasteiger partial charge on any atom is 0.258 e. The van der Waals surface area contributed by atoms with Gasteiger partial charge in [-0.1, -0.05) is 17.7 Å². The molecule has 0 radical (unpaired) electrons. The molecule has 2 aromatic heterocycles. The van der Waals surface area contributed by atoms with Crippen LogP contribution in [0.15, 0.2) is 59.5 Å². The first kappa shape index (κ1) is 19.9. The van der Waals surface area contributed by atoms with Gasteiger partial charge in [0, 0.05) is 24.2 Å². The van der Waals surface area contributed by atoms with E-state index in [1.807, 2.05) is 41.3 Å². The van der Waals surface area contributed by atoms with Gasteiger partial charge in [0.05, 0.1) is 17.4 Å². The highest BCUT2D eigenvalue weighted by Gasteiger charge is 2.21. The van der Waals surface area contributed by atoms with Crippen LogP contribution in [0.4, 0.5) is 0 Å². The smallest absolute Gasteiger partial charge is 0.258 e. The van der Waals surface area contributed by atoms with Crippen molar-refractivity contribution >= 4 is 16.8 Å². The highest BCUT2D eigenvalue weighted by Crippen LogP contribution is 2.37. The average molecular weight is 440 g/mol. The number of amides is 1. The molecule has 33 heavy (non-hydrogen) atoms. The fourth-order valence-corrected chi connectivity index (χ4v) is 4.78.